The van der Waals surface area contributed by atoms with Crippen LogP contribution in [0.2, 0.25) is 0 Å². The van der Waals surface area contributed by atoms with Gasteiger partial charge in [0.05, 0.1) is 40.7 Å². The Hall–Kier alpha value is -4.16. The molecule has 3 aromatic carbocycles. The van der Waals surface area contributed by atoms with Gasteiger partial charge in [-0.3, -0.25) is 9.48 Å². The number of aromatic hydroxyl groups is 1. The number of benzene rings is 3. The molecule has 0 unspecified atom stereocenters. The molecule has 1 saturated heterocycles. The van der Waals surface area contributed by atoms with Gasteiger partial charge in [0.1, 0.15) is 29.7 Å². The number of hydrogen-bond acceptors (Lipinski definition) is 7. The molecule has 5 rings (SSSR count). The number of ether oxygens (including phenoxy) is 2. The first-order valence-electron chi connectivity index (χ1n) is 13.1. The normalized spacial score (nSPS) is 17.8. The Bertz CT molecular complexity index is 1650. The number of aliphatic carboxylic acids is 1. The average Bonchev–Trinajstić information content (AvgIpc) is 3.50. The maximum absolute atomic E-state index is 14.3. The number of halogens is 1. The number of carboxylic acids is 1. The van der Waals surface area contributed by atoms with Gasteiger partial charge in [0, 0.05) is 11.9 Å². The maximum atomic E-state index is 14.3. The minimum absolute atomic E-state index is 0.00456. The lowest BCUT2D eigenvalue weighted by molar-refractivity contribution is -0.136. The van der Waals surface area contributed by atoms with Crippen LogP contribution >= 0.6 is 0 Å². The lowest BCUT2D eigenvalue weighted by Gasteiger charge is -2.24. The first-order chi connectivity index (χ1) is 19.5. The van der Waals surface area contributed by atoms with Gasteiger partial charge in [0.15, 0.2) is 0 Å². The molecule has 216 valence electrons. The van der Waals surface area contributed by atoms with Crippen LogP contribution in [0, 0.1) is 5.82 Å². The van der Waals surface area contributed by atoms with Crippen molar-refractivity contribution < 1.29 is 37.3 Å². The number of hydrogen-bond donors (Lipinski definition) is 2. The molecule has 0 bridgehead atoms. The van der Waals surface area contributed by atoms with E-state index in [1.807, 2.05) is 13.8 Å². The van der Waals surface area contributed by atoms with Crippen molar-refractivity contribution in [2.45, 2.75) is 49.8 Å². The number of nitrogens with zero attached hydrogens (tertiary/aromatic N) is 3. The highest BCUT2D eigenvalue weighted by Crippen LogP contribution is 2.36. The molecule has 2 N–H and O–H groups in total. The van der Waals surface area contributed by atoms with E-state index in [2.05, 4.69) is 5.10 Å². The molecule has 0 saturated carbocycles. The molecule has 0 amide bonds. The minimum atomic E-state index is -4.01. The molecule has 1 aliphatic rings. The third kappa shape index (κ3) is 6.13. The molecule has 1 aliphatic heterocycles. The summed E-state index contributed by atoms with van der Waals surface area (Å²) < 4.78 is 56.5. The van der Waals surface area contributed by atoms with Crippen molar-refractivity contribution in [2.24, 2.45) is 0 Å². The van der Waals surface area contributed by atoms with Gasteiger partial charge in [-0.15, -0.1) is 0 Å². The number of rotatable bonds is 10. The number of sulfonamides is 1. The summed E-state index contributed by atoms with van der Waals surface area (Å²) >= 11 is 0. The highest BCUT2D eigenvalue weighted by atomic mass is 32.2. The van der Waals surface area contributed by atoms with Gasteiger partial charge in [0.2, 0.25) is 10.0 Å². The van der Waals surface area contributed by atoms with Crippen LogP contribution in [0.3, 0.4) is 0 Å². The van der Waals surface area contributed by atoms with Crippen LogP contribution in [0.5, 0.6) is 17.2 Å². The molecule has 0 spiro atoms. The van der Waals surface area contributed by atoms with Gasteiger partial charge in [-0.05, 0) is 87.0 Å². The second-order valence-corrected chi connectivity index (χ2v) is 12.1. The number of carboxylic acid groups (broad SMARTS) is 1. The molecule has 2 atom stereocenters. The molecule has 2 heterocycles. The topological polar surface area (TPSA) is 131 Å². The van der Waals surface area contributed by atoms with Crippen LogP contribution in [0.4, 0.5) is 4.39 Å². The van der Waals surface area contributed by atoms with Gasteiger partial charge in [-0.2, -0.15) is 9.40 Å². The van der Waals surface area contributed by atoms with E-state index >= 15 is 0 Å². The van der Waals surface area contributed by atoms with Crippen molar-refractivity contribution in [3.8, 4) is 17.2 Å². The SMILES string of the molecule is CC(C)Oc1ccc(S(=O)(=O)N2C[C@H](n3nc(CC(=O)O)c4ccc(F)cc43)C[C@@H]2COc2ccc(O)cc2)cc1. The smallest absolute Gasteiger partial charge is 0.309 e. The molecule has 12 heteroatoms. The molecule has 1 aromatic heterocycles. The summed E-state index contributed by atoms with van der Waals surface area (Å²) in [7, 11) is -4.01. The predicted octanol–water partition coefficient (Wildman–Crippen LogP) is 4.38. The third-order valence-electron chi connectivity index (χ3n) is 6.83. The van der Waals surface area contributed by atoms with Gasteiger partial charge in [-0.25, -0.2) is 12.8 Å². The van der Waals surface area contributed by atoms with Gasteiger partial charge < -0.3 is 19.7 Å². The molecular formula is C29H30FN3O7S. The van der Waals surface area contributed by atoms with E-state index in [0.29, 0.717) is 22.4 Å². The lowest BCUT2D eigenvalue weighted by atomic mass is 10.1. The van der Waals surface area contributed by atoms with E-state index in [-0.39, 0.29) is 48.4 Å². The summed E-state index contributed by atoms with van der Waals surface area (Å²) in [4.78, 5) is 11.5. The fourth-order valence-corrected chi connectivity index (χ4v) is 6.71. The maximum Gasteiger partial charge on any atom is 0.309 e. The lowest BCUT2D eigenvalue weighted by Crippen LogP contribution is -2.39. The van der Waals surface area contributed by atoms with E-state index in [1.54, 1.807) is 24.3 Å². The van der Waals surface area contributed by atoms with E-state index in [0.717, 1.165) is 0 Å². The van der Waals surface area contributed by atoms with Crippen molar-refractivity contribution in [3.63, 3.8) is 0 Å². The Balaban J connectivity index is 1.49. The van der Waals surface area contributed by atoms with Crippen molar-refractivity contribution in [3.05, 3.63) is 78.2 Å². The summed E-state index contributed by atoms with van der Waals surface area (Å²) in [5.74, 6) is -0.529. The summed E-state index contributed by atoms with van der Waals surface area (Å²) in [5, 5.41) is 24.0. The van der Waals surface area contributed by atoms with Crippen molar-refractivity contribution >= 4 is 26.9 Å². The summed E-state index contributed by atoms with van der Waals surface area (Å²) in [5.41, 5.74) is 0.658. The summed E-state index contributed by atoms with van der Waals surface area (Å²) in [6.45, 7) is 3.77. The number of carbonyl (C=O) groups is 1. The standard InChI is InChI=1S/C29H30FN3O7S/c1-18(2)40-24-8-10-25(11-9-24)41(37,38)32-16-20(14-21(32)17-39-23-6-4-22(34)5-7-23)33-28-13-19(30)3-12-26(28)27(31-33)15-29(35)36/h3-13,18,20-21,34H,14-17H2,1-2H3,(H,35,36)/t20-,21-/m1/s1. The van der Waals surface area contributed by atoms with Gasteiger partial charge in [-0.1, -0.05) is 0 Å². The number of phenolic OH excluding ortho intramolecular Hbond substituents is 1. The predicted molar refractivity (Wildman–Crippen MR) is 148 cm³/mol. The highest BCUT2D eigenvalue weighted by Gasteiger charge is 2.42. The average molecular weight is 584 g/mol. The number of fused-ring (bicyclic) bond motifs is 1. The molecule has 1 fully saturated rings. The van der Waals surface area contributed by atoms with E-state index < -0.39 is 33.9 Å². The van der Waals surface area contributed by atoms with Crippen LogP contribution in [0.25, 0.3) is 10.9 Å². The van der Waals surface area contributed by atoms with Crippen LogP contribution in [0.15, 0.2) is 71.6 Å². The van der Waals surface area contributed by atoms with Crippen LogP contribution in [0.1, 0.15) is 32.0 Å². The second kappa shape index (κ2) is 11.4. The Kier molecular flexibility index (Phi) is 7.87. The molecule has 41 heavy (non-hydrogen) atoms. The number of aromatic nitrogens is 2. The Labute approximate surface area is 236 Å². The van der Waals surface area contributed by atoms with E-state index in [4.69, 9.17) is 9.47 Å². The monoisotopic (exact) mass is 583 g/mol. The van der Waals surface area contributed by atoms with Gasteiger partial charge in [0.25, 0.3) is 0 Å². The van der Waals surface area contributed by atoms with Crippen molar-refractivity contribution in [1.29, 1.82) is 0 Å². The van der Waals surface area contributed by atoms with Crippen LogP contribution in [-0.2, 0) is 21.2 Å². The quantitative estimate of drug-likeness (QED) is 0.281. The minimum Gasteiger partial charge on any atom is -0.508 e. The fraction of sp³-hybridized carbons (Fsp3) is 0.310. The zero-order valence-corrected chi connectivity index (χ0v) is 23.3. The Morgan fingerprint density at radius 2 is 1.76 bits per heavy atom. The zero-order valence-electron chi connectivity index (χ0n) is 22.5. The molecule has 4 aromatic rings. The van der Waals surface area contributed by atoms with Gasteiger partial charge >= 0.3 is 5.97 Å². The zero-order chi connectivity index (χ0) is 29.3. The van der Waals surface area contributed by atoms with Crippen LogP contribution in [-0.4, -0.2) is 64.0 Å². The Morgan fingerprint density at radius 1 is 1.07 bits per heavy atom. The van der Waals surface area contributed by atoms with Crippen molar-refractivity contribution in [1.82, 2.24) is 14.1 Å². The molecule has 0 aliphatic carbocycles. The largest absolute Gasteiger partial charge is 0.508 e. The second-order valence-electron chi connectivity index (χ2n) is 10.2. The number of phenols is 1. The summed E-state index contributed by atoms with van der Waals surface area (Å²) in [6, 6.07) is 15.1. The molecular weight excluding hydrogens is 553 g/mol. The third-order valence-corrected chi connectivity index (χ3v) is 8.77. The first-order valence-corrected chi connectivity index (χ1v) is 14.5. The first kappa shape index (κ1) is 28.4. The fourth-order valence-electron chi connectivity index (χ4n) is 5.05. The van der Waals surface area contributed by atoms with Crippen molar-refractivity contribution in [2.75, 3.05) is 13.2 Å². The van der Waals surface area contributed by atoms with E-state index in [9.17, 15) is 27.8 Å². The summed E-state index contributed by atoms with van der Waals surface area (Å²) in [6.07, 6.45) is -0.147. The van der Waals surface area contributed by atoms with Crippen LogP contribution < -0.4 is 9.47 Å². The van der Waals surface area contributed by atoms with E-state index in [1.165, 1.54) is 51.5 Å². The molecule has 10 nitrogen and oxygen atoms in total. The Morgan fingerprint density at radius 3 is 2.41 bits per heavy atom. The molecule has 0 radical (unpaired) electrons. The highest BCUT2D eigenvalue weighted by molar-refractivity contribution is 7.89.